The van der Waals surface area contributed by atoms with Crippen molar-refractivity contribution in [3.05, 3.63) is 12.3 Å². The van der Waals surface area contributed by atoms with Crippen molar-refractivity contribution in [2.24, 2.45) is 11.8 Å². The third kappa shape index (κ3) is 1.25. The Labute approximate surface area is 56.2 Å². The average Bonchev–Trinajstić information content (AvgIpc) is 2.35. The molecule has 1 rings (SSSR count). The van der Waals surface area contributed by atoms with Crippen LogP contribution in [0.25, 0.3) is 0 Å². The molecule has 0 bridgehead atoms. The van der Waals surface area contributed by atoms with E-state index in [-0.39, 0.29) is 12.2 Å². The molecular formula is C6H7F3O. The zero-order chi connectivity index (χ0) is 7.94. The van der Waals surface area contributed by atoms with Gasteiger partial charge in [-0.15, -0.1) is 0 Å². The summed E-state index contributed by atoms with van der Waals surface area (Å²) in [6, 6.07) is 0. The summed E-state index contributed by atoms with van der Waals surface area (Å²) in [4.78, 5) is 0. The molecule has 0 aromatic rings. The third-order valence-electron chi connectivity index (χ3n) is 1.64. The number of hydrogen-bond donors (Lipinski definition) is 1. The lowest BCUT2D eigenvalue weighted by Crippen LogP contribution is -2.12. The highest BCUT2D eigenvalue weighted by atomic mass is 19.4. The first kappa shape index (κ1) is 7.44. The molecule has 1 N–H and O–H groups in total. The molecular weight excluding hydrogens is 145 g/mol. The lowest BCUT2D eigenvalue weighted by Gasteiger charge is -2.03. The summed E-state index contributed by atoms with van der Waals surface area (Å²) in [6.45, 7) is 3.04. The van der Waals surface area contributed by atoms with Gasteiger partial charge in [-0.2, -0.15) is 13.2 Å². The second-order valence-corrected chi connectivity index (χ2v) is 2.48. The number of allylic oxidation sites excluding steroid dienone is 1. The van der Waals surface area contributed by atoms with Crippen LogP contribution >= 0.6 is 0 Å². The van der Waals surface area contributed by atoms with Crippen LogP contribution in [0.5, 0.6) is 0 Å². The molecule has 2 unspecified atom stereocenters. The maximum absolute atomic E-state index is 11.7. The van der Waals surface area contributed by atoms with Crippen molar-refractivity contribution in [1.82, 2.24) is 0 Å². The van der Waals surface area contributed by atoms with E-state index >= 15 is 0 Å². The van der Waals surface area contributed by atoms with Gasteiger partial charge in [0.05, 0.1) is 11.7 Å². The van der Waals surface area contributed by atoms with Gasteiger partial charge in [-0.05, 0) is 6.42 Å². The predicted octanol–water partition coefficient (Wildman–Crippen LogP) is 2.26. The number of hydrogen-bond acceptors (Lipinski definition) is 1. The molecule has 2 atom stereocenters. The summed E-state index contributed by atoms with van der Waals surface area (Å²) in [7, 11) is 0. The monoisotopic (exact) mass is 152 g/mol. The largest absolute Gasteiger partial charge is 0.513 e. The number of halogens is 3. The third-order valence-corrected chi connectivity index (χ3v) is 1.64. The topological polar surface area (TPSA) is 20.2 Å². The molecule has 0 aromatic heterocycles. The molecule has 58 valence electrons. The molecule has 0 spiro atoms. The van der Waals surface area contributed by atoms with E-state index in [2.05, 4.69) is 6.58 Å². The normalized spacial score (nSPS) is 31.9. The van der Waals surface area contributed by atoms with Crippen molar-refractivity contribution in [2.75, 3.05) is 0 Å². The van der Waals surface area contributed by atoms with Crippen LogP contribution in [0.4, 0.5) is 13.2 Å². The Hall–Kier alpha value is -0.670. The van der Waals surface area contributed by atoms with Gasteiger partial charge in [-0.1, -0.05) is 6.58 Å². The molecule has 0 aromatic carbocycles. The summed E-state index contributed by atoms with van der Waals surface area (Å²) in [5, 5.41) is 8.53. The fraction of sp³-hybridized carbons (Fsp3) is 0.667. The van der Waals surface area contributed by atoms with Crippen LogP contribution in [0.1, 0.15) is 6.42 Å². The summed E-state index contributed by atoms with van der Waals surface area (Å²) in [5.74, 6) is -2.42. The van der Waals surface area contributed by atoms with Crippen molar-refractivity contribution in [2.45, 2.75) is 12.6 Å². The molecule has 0 amide bonds. The van der Waals surface area contributed by atoms with Gasteiger partial charge in [0.25, 0.3) is 0 Å². The van der Waals surface area contributed by atoms with Crippen LogP contribution in [-0.2, 0) is 0 Å². The zero-order valence-corrected chi connectivity index (χ0v) is 5.15. The summed E-state index contributed by atoms with van der Waals surface area (Å²) in [6.07, 6.45) is -4.16. The zero-order valence-electron chi connectivity index (χ0n) is 5.15. The van der Waals surface area contributed by atoms with Gasteiger partial charge in [-0.25, -0.2) is 0 Å². The fourth-order valence-electron chi connectivity index (χ4n) is 0.925. The van der Waals surface area contributed by atoms with E-state index in [4.69, 9.17) is 5.11 Å². The maximum atomic E-state index is 11.7. The van der Waals surface area contributed by atoms with Crippen LogP contribution in [-0.4, -0.2) is 11.3 Å². The molecule has 4 heteroatoms. The van der Waals surface area contributed by atoms with E-state index in [1.54, 1.807) is 0 Å². The van der Waals surface area contributed by atoms with Gasteiger partial charge in [0.15, 0.2) is 0 Å². The van der Waals surface area contributed by atoms with Crippen LogP contribution in [0.3, 0.4) is 0 Å². The standard InChI is InChI=1S/C6H7F3O/c1-3(10)4-2-5(4)6(7,8)9/h4-5,10H,1-2H2. The summed E-state index contributed by atoms with van der Waals surface area (Å²) >= 11 is 0. The Balaban J connectivity index is 2.46. The fourth-order valence-corrected chi connectivity index (χ4v) is 0.925. The Morgan fingerprint density at radius 3 is 2.10 bits per heavy atom. The van der Waals surface area contributed by atoms with Crippen molar-refractivity contribution < 1.29 is 18.3 Å². The van der Waals surface area contributed by atoms with E-state index in [1.807, 2.05) is 0 Å². The molecule has 0 saturated heterocycles. The van der Waals surface area contributed by atoms with Gasteiger partial charge in [0.1, 0.15) is 0 Å². The number of rotatable bonds is 1. The Morgan fingerprint density at radius 1 is 1.50 bits per heavy atom. The van der Waals surface area contributed by atoms with Crippen molar-refractivity contribution in [3.63, 3.8) is 0 Å². The van der Waals surface area contributed by atoms with E-state index in [0.717, 1.165) is 0 Å². The molecule has 1 saturated carbocycles. The minimum atomic E-state index is -4.16. The highest BCUT2D eigenvalue weighted by molar-refractivity contribution is 5.06. The summed E-state index contributed by atoms with van der Waals surface area (Å²) < 4.78 is 35.1. The molecule has 0 radical (unpaired) electrons. The molecule has 0 aliphatic heterocycles. The lowest BCUT2D eigenvalue weighted by molar-refractivity contribution is -0.150. The van der Waals surface area contributed by atoms with Gasteiger partial charge in [0, 0.05) is 5.92 Å². The van der Waals surface area contributed by atoms with Crippen LogP contribution in [0.2, 0.25) is 0 Å². The predicted molar refractivity (Wildman–Crippen MR) is 29.4 cm³/mol. The van der Waals surface area contributed by atoms with Crippen LogP contribution in [0, 0.1) is 11.8 Å². The number of aliphatic hydroxyl groups excluding tert-OH is 1. The summed E-state index contributed by atoms with van der Waals surface area (Å²) in [5.41, 5.74) is 0. The first-order valence-electron chi connectivity index (χ1n) is 2.87. The molecule has 1 fully saturated rings. The van der Waals surface area contributed by atoms with E-state index < -0.39 is 18.0 Å². The van der Waals surface area contributed by atoms with Gasteiger partial charge in [0.2, 0.25) is 0 Å². The first-order valence-corrected chi connectivity index (χ1v) is 2.87. The maximum Gasteiger partial charge on any atom is 0.392 e. The minimum Gasteiger partial charge on any atom is -0.513 e. The average molecular weight is 152 g/mol. The highest BCUT2D eigenvalue weighted by Gasteiger charge is 2.56. The van der Waals surface area contributed by atoms with E-state index in [9.17, 15) is 13.2 Å². The van der Waals surface area contributed by atoms with Gasteiger partial charge in [-0.3, -0.25) is 0 Å². The second-order valence-electron chi connectivity index (χ2n) is 2.48. The van der Waals surface area contributed by atoms with Crippen LogP contribution < -0.4 is 0 Å². The quantitative estimate of drug-likeness (QED) is 0.571. The molecule has 1 aliphatic carbocycles. The molecule has 10 heavy (non-hydrogen) atoms. The Kier molecular flexibility index (Phi) is 1.42. The molecule has 0 heterocycles. The number of aliphatic hydroxyl groups is 1. The highest BCUT2D eigenvalue weighted by Crippen LogP contribution is 2.52. The molecule has 1 nitrogen and oxygen atoms in total. The minimum absolute atomic E-state index is 0.00116. The molecule has 1 aliphatic rings. The Bertz CT molecular complexity index is 161. The van der Waals surface area contributed by atoms with Gasteiger partial charge >= 0.3 is 6.18 Å². The van der Waals surface area contributed by atoms with Crippen molar-refractivity contribution in [1.29, 1.82) is 0 Å². The smallest absolute Gasteiger partial charge is 0.392 e. The van der Waals surface area contributed by atoms with Crippen LogP contribution in [0.15, 0.2) is 12.3 Å². The lowest BCUT2D eigenvalue weighted by atomic mass is 10.3. The van der Waals surface area contributed by atoms with Gasteiger partial charge < -0.3 is 5.11 Å². The first-order chi connectivity index (χ1) is 4.43. The Morgan fingerprint density at radius 2 is 2.00 bits per heavy atom. The van der Waals surface area contributed by atoms with Crippen molar-refractivity contribution in [3.8, 4) is 0 Å². The van der Waals surface area contributed by atoms with Crippen molar-refractivity contribution >= 4 is 0 Å². The SMILES string of the molecule is C=C(O)C1CC1C(F)(F)F. The number of alkyl halides is 3. The van der Waals surface area contributed by atoms with E-state index in [1.165, 1.54) is 0 Å². The second kappa shape index (κ2) is 1.90. The van der Waals surface area contributed by atoms with E-state index in [0.29, 0.717) is 0 Å².